The van der Waals surface area contributed by atoms with Crippen LogP contribution in [0.15, 0.2) is 23.8 Å². The van der Waals surface area contributed by atoms with Gasteiger partial charge in [-0.1, -0.05) is 35.3 Å². The molecule has 2 nitrogen and oxygen atoms in total. The maximum absolute atomic E-state index is 11.8. The van der Waals surface area contributed by atoms with Crippen molar-refractivity contribution >= 4 is 35.1 Å². The van der Waals surface area contributed by atoms with E-state index < -0.39 is 0 Å². The SMILES string of the molecule is CN1CCC(=O)/C(=C/c2cccc(Cl)c2Cl)C1. The maximum Gasteiger partial charge on any atom is 0.161 e. The van der Waals surface area contributed by atoms with E-state index >= 15 is 0 Å². The Bertz CT molecular complexity index is 482. The third-order valence-corrected chi connectivity index (χ3v) is 3.66. The van der Waals surface area contributed by atoms with Gasteiger partial charge in [-0.05, 0) is 24.8 Å². The number of carbonyl (C=O) groups excluding carboxylic acids is 1. The number of likely N-dealkylation sites (N-methyl/N-ethyl adjacent to an activating group) is 1. The van der Waals surface area contributed by atoms with Crippen molar-refractivity contribution in [2.24, 2.45) is 0 Å². The molecule has 90 valence electrons. The third-order valence-electron chi connectivity index (χ3n) is 2.83. The summed E-state index contributed by atoms with van der Waals surface area (Å²) in [6.07, 6.45) is 2.41. The molecule has 0 N–H and O–H groups in total. The lowest BCUT2D eigenvalue weighted by Crippen LogP contribution is -2.32. The summed E-state index contributed by atoms with van der Waals surface area (Å²) in [5.74, 6) is 0.194. The standard InChI is InChI=1S/C13H13Cl2NO/c1-16-6-5-12(17)10(8-16)7-9-3-2-4-11(14)13(9)15/h2-4,7H,5-6,8H2,1H3/b10-7+. The zero-order valence-corrected chi connectivity index (χ0v) is 11.1. The number of Topliss-reactive ketones (excluding diaryl/α,β-unsaturated/α-hetero) is 1. The van der Waals surface area contributed by atoms with Crippen molar-refractivity contribution in [2.75, 3.05) is 20.1 Å². The minimum absolute atomic E-state index is 0.194. The Kier molecular flexibility index (Phi) is 3.87. The lowest BCUT2D eigenvalue weighted by Gasteiger charge is -2.23. The van der Waals surface area contributed by atoms with Gasteiger partial charge < -0.3 is 4.90 Å². The van der Waals surface area contributed by atoms with Gasteiger partial charge in [0, 0.05) is 25.1 Å². The number of halogens is 2. The van der Waals surface area contributed by atoms with Crippen LogP contribution in [0.1, 0.15) is 12.0 Å². The molecule has 0 aliphatic carbocycles. The first kappa shape index (κ1) is 12.6. The highest BCUT2D eigenvalue weighted by atomic mass is 35.5. The van der Waals surface area contributed by atoms with E-state index in [0.29, 0.717) is 23.0 Å². The highest BCUT2D eigenvalue weighted by Crippen LogP contribution is 2.28. The van der Waals surface area contributed by atoms with E-state index in [0.717, 1.165) is 17.7 Å². The molecule has 0 unspecified atom stereocenters. The molecule has 1 saturated heterocycles. The Hall–Kier alpha value is -0.830. The molecule has 4 heteroatoms. The molecule has 1 heterocycles. The second-order valence-electron chi connectivity index (χ2n) is 4.22. The number of hydrogen-bond acceptors (Lipinski definition) is 2. The number of hydrogen-bond donors (Lipinski definition) is 0. The summed E-state index contributed by atoms with van der Waals surface area (Å²) in [6.45, 7) is 1.49. The molecule has 17 heavy (non-hydrogen) atoms. The molecular weight excluding hydrogens is 257 g/mol. The van der Waals surface area contributed by atoms with Crippen LogP contribution in [0.3, 0.4) is 0 Å². The van der Waals surface area contributed by atoms with E-state index in [-0.39, 0.29) is 5.78 Å². The lowest BCUT2D eigenvalue weighted by molar-refractivity contribution is -0.117. The largest absolute Gasteiger partial charge is 0.302 e. The van der Waals surface area contributed by atoms with Crippen molar-refractivity contribution < 1.29 is 4.79 Å². The van der Waals surface area contributed by atoms with E-state index in [2.05, 4.69) is 4.90 Å². The fourth-order valence-corrected chi connectivity index (χ4v) is 2.22. The number of benzene rings is 1. The normalized spacial score (nSPS) is 19.9. The molecule has 0 saturated carbocycles. The van der Waals surface area contributed by atoms with Crippen LogP contribution in [0.4, 0.5) is 0 Å². The summed E-state index contributed by atoms with van der Waals surface area (Å²) in [5.41, 5.74) is 1.60. The van der Waals surface area contributed by atoms with Crippen LogP contribution < -0.4 is 0 Å². The summed E-state index contributed by atoms with van der Waals surface area (Å²) in [6, 6.07) is 5.43. The van der Waals surface area contributed by atoms with Crippen molar-refractivity contribution in [1.29, 1.82) is 0 Å². The van der Waals surface area contributed by atoms with Crippen LogP contribution in [-0.2, 0) is 4.79 Å². The average Bonchev–Trinajstić information content (AvgIpc) is 2.30. The summed E-state index contributed by atoms with van der Waals surface area (Å²) >= 11 is 12.0. The van der Waals surface area contributed by atoms with Crippen LogP contribution in [0.2, 0.25) is 10.0 Å². The molecule has 1 aliphatic rings. The number of likely N-dealkylation sites (tertiary alicyclic amines) is 1. The van der Waals surface area contributed by atoms with E-state index in [1.165, 1.54) is 0 Å². The van der Waals surface area contributed by atoms with Gasteiger partial charge in [0.2, 0.25) is 0 Å². The first-order valence-electron chi connectivity index (χ1n) is 5.44. The molecule has 1 fully saturated rings. The molecule has 0 bridgehead atoms. The van der Waals surface area contributed by atoms with E-state index in [1.807, 2.05) is 25.3 Å². The molecule has 1 aromatic carbocycles. The minimum Gasteiger partial charge on any atom is -0.302 e. The quantitative estimate of drug-likeness (QED) is 0.730. The molecule has 0 aromatic heterocycles. The highest BCUT2D eigenvalue weighted by Gasteiger charge is 2.18. The van der Waals surface area contributed by atoms with Crippen LogP contribution in [0.25, 0.3) is 6.08 Å². The summed E-state index contributed by atoms with van der Waals surface area (Å²) in [4.78, 5) is 13.9. The maximum atomic E-state index is 11.8. The van der Waals surface area contributed by atoms with Crippen molar-refractivity contribution in [3.8, 4) is 0 Å². The van der Waals surface area contributed by atoms with Gasteiger partial charge in [-0.3, -0.25) is 4.79 Å². The average molecular weight is 270 g/mol. The van der Waals surface area contributed by atoms with Crippen molar-refractivity contribution in [3.63, 3.8) is 0 Å². The molecule has 0 radical (unpaired) electrons. The van der Waals surface area contributed by atoms with Gasteiger partial charge in [-0.25, -0.2) is 0 Å². The van der Waals surface area contributed by atoms with Crippen molar-refractivity contribution in [2.45, 2.75) is 6.42 Å². The van der Waals surface area contributed by atoms with Crippen LogP contribution in [-0.4, -0.2) is 30.8 Å². The van der Waals surface area contributed by atoms with Gasteiger partial charge in [0.1, 0.15) is 0 Å². The monoisotopic (exact) mass is 269 g/mol. The van der Waals surface area contributed by atoms with Gasteiger partial charge in [-0.15, -0.1) is 0 Å². The minimum atomic E-state index is 0.194. The Balaban J connectivity index is 2.34. The lowest BCUT2D eigenvalue weighted by atomic mass is 10.0. The topological polar surface area (TPSA) is 20.3 Å². The van der Waals surface area contributed by atoms with Crippen molar-refractivity contribution in [3.05, 3.63) is 39.4 Å². The second-order valence-corrected chi connectivity index (χ2v) is 5.01. The smallest absolute Gasteiger partial charge is 0.161 e. The Labute approximate surface area is 111 Å². The Morgan fingerprint density at radius 1 is 1.35 bits per heavy atom. The molecular formula is C13H13Cl2NO. The van der Waals surface area contributed by atoms with Crippen LogP contribution >= 0.6 is 23.2 Å². The van der Waals surface area contributed by atoms with Crippen molar-refractivity contribution in [1.82, 2.24) is 4.90 Å². The molecule has 0 atom stereocenters. The first-order chi connectivity index (χ1) is 8.08. The van der Waals surface area contributed by atoms with E-state index in [4.69, 9.17) is 23.2 Å². The van der Waals surface area contributed by atoms with Gasteiger partial charge >= 0.3 is 0 Å². The second kappa shape index (κ2) is 5.21. The van der Waals surface area contributed by atoms with E-state index in [9.17, 15) is 4.79 Å². The fraction of sp³-hybridized carbons (Fsp3) is 0.308. The van der Waals surface area contributed by atoms with Gasteiger partial charge in [0.05, 0.1) is 10.0 Å². The van der Waals surface area contributed by atoms with Gasteiger partial charge in [0.25, 0.3) is 0 Å². The molecule has 1 aliphatic heterocycles. The van der Waals surface area contributed by atoms with Gasteiger partial charge in [-0.2, -0.15) is 0 Å². The Morgan fingerprint density at radius 3 is 2.88 bits per heavy atom. The predicted molar refractivity (Wildman–Crippen MR) is 71.6 cm³/mol. The fourth-order valence-electron chi connectivity index (χ4n) is 1.86. The zero-order valence-electron chi connectivity index (χ0n) is 9.54. The first-order valence-corrected chi connectivity index (χ1v) is 6.20. The van der Waals surface area contributed by atoms with Crippen LogP contribution in [0, 0.1) is 0 Å². The number of rotatable bonds is 1. The number of ketones is 1. The number of carbonyl (C=O) groups is 1. The third kappa shape index (κ3) is 2.89. The molecule has 0 amide bonds. The molecule has 2 rings (SSSR count). The summed E-state index contributed by atoms with van der Waals surface area (Å²) < 4.78 is 0. The van der Waals surface area contributed by atoms with Crippen LogP contribution in [0.5, 0.6) is 0 Å². The summed E-state index contributed by atoms with van der Waals surface area (Å²) in [5, 5.41) is 1.01. The zero-order chi connectivity index (χ0) is 12.4. The summed E-state index contributed by atoms with van der Waals surface area (Å²) in [7, 11) is 2.00. The predicted octanol–water partition coefficient (Wildman–Crippen LogP) is 3.28. The Morgan fingerprint density at radius 2 is 2.12 bits per heavy atom. The van der Waals surface area contributed by atoms with Gasteiger partial charge in [0.15, 0.2) is 5.78 Å². The number of nitrogens with zero attached hydrogens (tertiary/aromatic N) is 1. The number of piperidine rings is 1. The van der Waals surface area contributed by atoms with E-state index in [1.54, 1.807) is 6.07 Å². The molecule has 0 spiro atoms. The highest BCUT2D eigenvalue weighted by molar-refractivity contribution is 6.42. The molecule has 1 aromatic rings.